The lowest BCUT2D eigenvalue weighted by Crippen LogP contribution is -2.55. The van der Waals surface area contributed by atoms with Crippen molar-refractivity contribution in [2.75, 3.05) is 13.2 Å². The van der Waals surface area contributed by atoms with Crippen LogP contribution in [-0.4, -0.2) is 35.6 Å². The first-order valence-electron chi connectivity index (χ1n) is 8.79. The Bertz CT molecular complexity index is 607. The zero-order valence-corrected chi connectivity index (χ0v) is 14.9. The van der Waals surface area contributed by atoms with E-state index in [0.29, 0.717) is 12.1 Å². The fourth-order valence-electron chi connectivity index (χ4n) is 3.29. The molecular weight excluding hydrogens is 323 g/mol. The number of aliphatic hydroxyl groups excluding tert-OH is 1. The number of benzene rings is 1. The Morgan fingerprint density at radius 3 is 2.56 bits per heavy atom. The predicted octanol–water partition coefficient (Wildman–Crippen LogP) is 1.85. The first kappa shape index (κ1) is 19.4. The molecule has 0 aromatic heterocycles. The standard InChI is InChI=1S/C19H27FN2O3/c1-13-7-15(9-16(20)8-13)10-17(24)21-12-19(5-3-4-6-19)22-18(25)14(2)11-23/h7-9,14,23H,3-6,10-12H2,1-2H3,(H,21,24)(H,22,25). The molecule has 138 valence electrons. The van der Waals surface area contributed by atoms with Gasteiger partial charge in [-0.1, -0.05) is 25.8 Å². The Morgan fingerprint density at radius 2 is 1.96 bits per heavy atom. The van der Waals surface area contributed by atoms with Crippen LogP contribution >= 0.6 is 0 Å². The van der Waals surface area contributed by atoms with E-state index in [2.05, 4.69) is 10.6 Å². The van der Waals surface area contributed by atoms with Crippen LogP contribution in [-0.2, 0) is 16.0 Å². The average molecular weight is 350 g/mol. The summed E-state index contributed by atoms with van der Waals surface area (Å²) in [7, 11) is 0. The zero-order valence-electron chi connectivity index (χ0n) is 14.9. The van der Waals surface area contributed by atoms with Gasteiger partial charge in [0.2, 0.25) is 11.8 Å². The van der Waals surface area contributed by atoms with Crippen molar-refractivity contribution in [3.63, 3.8) is 0 Å². The molecule has 2 amide bonds. The lowest BCUT2D eigenvalue weighted by atomic mass is 9.96. The second-order valence-corrected chi connectivity index (χ2v) is 7.15. The molecule has 25 heavy (non-hydrogen) atoms. The van der Waals surface area contributed by atoms with Gasteiger partial charge in [-0.25, -0.2) is 4.39 Å². The van der Waals surface area contributed by atoms with Crippen molar-refractivity contribution in [3.8, 4) is 0 Å². The van der Waals surface area contributed by atoms with Gasteiger partial charge in [0.05, 0.1) is 24.5 Å². The van der Waals surface area contributed by atoms with Gasteiger partial charge in [0.25, 0.3) is 0 Å². The number of halogens is 1. The van der Waals surface area contributed by atoms with Gasteiger partial charge in [-0.05, 0) is 43.0 Å². The second-order valence-electron chi connectivity index (χ2n) is 7.15. The molecule has 1 aliphatic carbocycles. The number of hydrogen-bond acceptors (Lipinski definition) is 3. The Morgan fingerprint density at radius 1 is 1.28 bits per heavy atom. The summed E-state index contributed by atoms with van der Waals surface area (Å²) in [5.41, 5.74) is 0.960. The van der Waals surface area contributed by atoms with E-state index < -0.39 is 11.5 Å². The highest BCUT2D eigenvalue weighted by Crippen LogP contribution is 2.29. The van der Waals surface area contributed by atoms with Crippen LogP contribution < -0.4 is 10.6 Å². The van der Waals surface area contributed by atoms with E-state index in [1.54, 1.807) is 19.9 Å². The van der Waals surface area contributed by atoms with Gasteiger partial charge in [0.15, 0.2) is 0 Å². The quantitative estimate of drug-likeness (QED) is 0.702. The molecule has 1 aromatic carbocycles. The highest BCUT2D eigenvalue weighted by molar-refractivity contribution is 5.80. The lowest BCUT2D eigenvalue weighted by molar-refractivity contribution is -0.128. The van der Waals surface area contributed by atoms with Gasteiger partial charge < -0.3 is 15.7 Å². The average Bonchev–Trinajstić information content (AvgIpc) is 3.00. The molecule has 1 atom stereocenters. The number of rotatable bonds is 7. The third-order valence-corrected chi connectivity index (χ3v) is 4.76. The lowest BCUT2D eigenvalue weighted by Gasteiger charge is -2.31. The number of aliphatic hydroxyl groups is 1. The number of amides is 2. The van der Waals surface area contributed by atoms with Crippen molar-refractivity contribution >= 4 is 11.8 Å². The van der Waals surface area contributed by atoms with Gasteiger partial charge in [-0.3, -0.25) is 9.59 Å². The van der Waals surface area contributed by atoms with E-state index in [9.17, 15) is 14.0 Å². The molecule has 0 saturated heterocycles. The number of carbonyl (C=O) groups is 2. The number of hydrogen-bond donors (Lipinski definition) is 3. The largest absolute Gasteiger partial charge is 0.396 e. The maximum absolute atomic E-state index is 13.4. The smallest absolute Gasteiger partial charge is 0.225 e. The van der Waals surface area contributed by atoms with Gasteiger partial charge in [0.1, 0.15) is 5.82 Å². The molecule has 1 saturated carbocycles. The van der Waals surface area contributed by atoms with Crippen molar-refractivity contribution in [3.05, 3.63) is 35.1 Å². The fraction of sp³-hybridized carbons (Fsp3) is 0.579. The number of aryl methyl sites for hydroxylation is 1. The van der Waals surface area contributed by atoms with Gasteiger partial charge >= 0.3 is 0 Å². The minimum atomic E-state index is -0.469. The van der Waals surface area contributed by atoms with Crippen molar-refractivity contribution in [2.24, 2.45) is 5.92 Å². The van der Waals surface area contributed by atoms with Gasteiger partial charge in [-0.15, -0.1) is 0 Å². The SMILES string of the molecule is Cc1cc(F)cc(CC(=O)NCC2(NC(=O)C(C)CO)CCCC2)c1. The molecular formula is C19H27FN2O3. The van der Waals surface area contributed by atoms with Crippen molar-refractivity contribution in [2.45, 2.75) is 51.5 Å². The Hall–Kier alpha value is -1.95. The first-order valence-corrected chi connectivity index (χ1v) is 8.79. The molecule has 0 radical (unpaired) electrons. The van der Waals surface area contributed by atoms with Crippen LogP contribution in [0.25, 0.3) is 0 Å². The monoisotopic (exact) mass is 350 g/mol. The van der Waals surface area contributed by atoms with Crippen LogP contribution in [0.2, 0.25) is 0 Å². The van der Waals surface area contributed by atoms with Gasteiger partial charge in [0, 0.05) is 6.54 Å². The molecule has 1 aliphatic rings. The maximum Gasteiger partial charge on any atom is 0.225 e. The molecule has 6 heteroatoms. The van der Waals surface area contributed by atoms with Crippen LogP contribution in [0.15, 0.2) is 18.2 Å². The summed E-state index contributed by atoms with van der Waals surface area (Å²) in [5, 5.41) is 15.0. The van der Waals surface area contributed by atoms with E-state index in [0.717, 1.165) is 31.2 Å². The first-order chi connectivity index (χ1) is 11.8. The highest BCUT2D eigenvalue weighted by Gasteiger charge is 2.36. The molecule has 0 heterocycles. The summed E-state index contributed by atoms with van der Waals surface area (Å²) in [6, 6.07) is 4.58. The van der Waals surface area contributed by atoms with Crippen LogP contribution in [0, 0.1) is 18.7 Å². The molecule has 5 nitrogen and oxygen atoms in total. The summed E-state index contributed by atoms with van der Waals surface area (Å²) in [6.07, 6.45) is 3.70. The molecule has 0 spiro atoms. The van der Waals surface area contributed by atoms with E-state index in [1.165, 1.54) is 12.1 Å². The number of nitrogens with one attached hydrogen (secondary N) is 2. The fourth-order valence-corrected chi connectivity index (χ4v) is 3.29. The van der Waals surface area contributed by atoms with Crippen LogP contribution in [0.5, 0.6) is 0 Å². The molecule has 1 aromatic rings. The third-order valence-electron chi connectivity index (χ3n) is 4.76. The highest BCUT2D eigenvalue weighted by atomic mass is 19.1. The van der Waals surface area contributed by atoms with Crippen LogP contribution in [0.4, 0.5) is 4.39 Å². The minimum Gasteiger partial charge on any atom is -0.396 e. The minimum absolute atomic E-state index is 0.107. The van der Waals surface area contributed by atoms with E-state index in [-0.39, 0.29) is 30.7 Å². The second kappa shape index (κ2) is 8.43. The topological polar surface area (TPSA) is 78.4 Å². The molecule has 1 fully saturated rings. The summed E-state index contributed by atoms with van der Waals surface area (Å²) in [4.78, 5) is 24.3. The normalized spacial score (nSPS) is 17.1. The summed E-state index contributed by atoms with van der Waals surface area (Å²) in [6.45, 7) is 3.61. The number of carbonyl (C=O) groups excluding carboxylic acids is 2. The Kier molecular flexibility index (Phi) is 6.53. The van der Waals surface area contributed by atoms with Gasteiger partial charge in [-0.2, -0.15) is 0 Å². The Labute approximate surface area is 148 Å². The third kappa shape index (κ3) is 5.53. The van der Waals surface area contributed by atoms with Crippen LogP contribution in [0.3, 0.4) is 0 Å². The Balaban J connectivity index is 1.94. The molecule has 2 rings (SSSR count). The van der Waals surface area contributed by atoms with E-state index >= 15 is 0 Å². The summed E-state index contributed by atoms with van der Waals surface area (Å²) in [5.74, 6) is -1.20. The molecule has 0 aliphatic heterocycles. The van der Waals surface area contributed by atoms with E-state index in [1.807, 2.05) is 0 Å². The van der Waals surface area contributed by atoms with Crippen LogP contribution in [0.1, 0.15) is 43.7 Å². The van der Waals surface area contributed by atoms with E-state index in [4.69, 9.17) is 5.11 Å². The summed E-state index contributed by atoms with van der Waals surface area (Å²) >= 11 is 0. The zero-order chi connectivity index (χ0) is 18.4. The van der Waals surface area contributed by atoms with Crippen molar-refractivity contribution < 1.29 is 19.1 Å². The van der Waals surface area contributed by atoms with Crippen molar-refractivity contribution in [1.82, 2.24) is 10.6 Å². The molecule has 1 unspecified atom stereocenters. The molecule has 0 bridgehead atoms. The molecule has 3 N–H and O–H groups in total. The predicted molar refractivity (Wildman–Crippen MR) is 93.4 cm³/mol. The van der Waals surface area contributed by atoms with Crippen molar-refractivity contribution in [1.29, 1.82) is 0 Å². The maximum atomic E-state index is 13.4. The summed E-state index contributed by atoms with van der Waals surface area (Å²) < 4.78 is 13.4.